The first-order valence-corrected chi connectivity index (χ1v) is 6.54. The normalized spacial score (nSPS) is 10.7. The number of likely N-dealkylation sites (N-methyl/N-ethyl adjacent to an activating group) is 1. The summed E-state index contributed by atoms with van der Waals surface area (Å²) in [5.74, 6) is -0.0166. The number of aromatic nitrogens is 1. The van der Waals surface area contributed by atoms with Crippen LogP contribution in [0.5, 0.6) is 0 Å². The fraction of sp³-hybridized carbons (Fsp3) is 0.176. The van der Waals surface area contributed by atoms with E-state index in [1.165, 1.54) is 5.56 Å². The largest absolute Gasteiger partial charge is 0.338 e. The number of amides is 1. The molecule has 0 aliphatic rings. The first kappa shape index (κ1) is 14.0. The zero-order valence-corrected chi connectivity index (χ0v) is 11.8. The first-order valence-electron chi connectivity index (χ1n) is 6.54. The van der Waals surface area contributed by atoms with Crippen molar-refractivity contribution in [3.8, 4) is 0 Å². The van der Waals surface area contributed by atoms with Crippen LogP contribution in [0.2, 0.25) is 0 Å². The van der Waals surface area contributed by atoms with Crippen LogP contribution in [0.3, 0.4) is 0 Å². The van der Waals surface area contributed by atoms with Gasteiger partial charge in [0.15, 0.2) is 0 Å². The van der Waals surface area contributed by atoms with Crippen molar-refractivity contribution in [2.45, 2.75) is 13.5 Å². The smallest absolute Gasteiger partial charge is 0.246 e. The number of carbonyl (C=O) groups excluding carboxylic acids is 1. The highest BCUT2D eigenvalue weighted by Crippen LogP contribution is 2.10. The Morgan fingerprint density at radius 2 is 2.05 bits per heavy atom. The van der Waals surface area contributed by atoms with E-state index >= 15 is 0 Å². The molecule has 0 radical (unpaired) electrons. The Kier molecular flexibility index (Phi) is 4.66. The van der Waals surface area contributed by atoms with Gasteiger partial charge in [-0.1, -0.05) is 30.3 Å². The van der Waals surface area contributed by atoms with Gasteiger partial charge in [0, 0.05) is 32.1 Å². The summed E-state index contributed by atoms with van der Waals surface area (Å²) in [7, 11) is 1.81. The van der Waals surface area contributed by atoms with Crippen molar-refractivity contribution in [2.75, 3.05) is 7.05 Å². The third kappa shape index (κ3) is 3.79. The summed E-state index contributed by atoms with van der Waals surface area (Å²) < 4.78 is 0. The van der Waals surface area contributed by atoms with E-state index in [4.69, 9.17) is 0 Å². The summed E-state index contributed by atoms with van der Waals surface area (Å²) in [5.41, 5.74) is 3.28. The predicted octanol–water partition coefficient (Wildman–Crippen LogP) is 3.06. The molecule has 1 aromatic heterocycles. The van der Waals surface area contributed by atoms with Crippen LogP contribution in [0.1, 0.15) is 16.7 Å². The Morgan fingerprint density at radius 3 is 2.75 bits per heavy atom. The third-order valence-electron chi connectivity index (χ3n) is 3.15. The highest BCUT2D eigenvalue weighted by Gasteiger charge is 2.07. The molecule has 1 aromatic carbocycles. The SMILES string of the molecule is Cc1ccccc1CN(C)C(=O)/C=C/c1cccnc1. The number of aryl methyl sites for hydroxylation is 1. The van der Waals surface area contributed by atoms with Crippen molar-refractivity contribution >= 4 is 12.0 Å². The van der Waals surface area contributed by atoms with Crippen LogP contribution in [-0.2, 0) is 11.3 Å². The van der Waals surface area contributed by atoms with Gasteiger partial charge < -0.3 is 4.90 Å². The Morgan fingerprint density at radius 1 is 1.25 bits per heavy atom. The lowest BCUT2D eigenvalue weighted by atomic mass is 10.1. The lowest BCUT2D eigenvalue weighted by molar-refractivity contribution is -0.125. The van der Waals surface area contributed by atoms with Gasteiger partial charge in [-0.2, -0.15) is 0 Å². The molecule has 0 N–H and O–H groups in total. The molecule has 0 unspecified atom stereocenters. The lowest BCUT2D eigenvalue weighted by Gasteiger charge is -2.16. The van der Waals surface area contributed by atoms with Gasteiger partial charge in [-0.05, 0) is 35.8 Å². The molecule has 20 heavy (non-hydrogen) atoms. The van der Waals surface area contributed by atoms with Crippen LogP contribution in [0.4, 0.5) is 0 Å². The van der Waals surface area contributed by atoms with E-state index in [2.05, 4.69) is 18.0 Å². The van der Waals surface area contributed by atoms with Gasteiger partial charge >= 0.3 is 0 Å². The van der Waals surface area contributed by atoms with Gasteiger partial charge in [-0.15, -0.1) is 0 Å². The minimum Gasteiger partial charge on any atom is -0.338 e. The predicted molar refractivity (Wildman–Crippen MR) is 80.9 cm³/mol. The molecule has 0 fully saturated rings. The van der Waals surface area contributed by atoms with Crippen LogP contribution in [0.25, 0.3) is 6.08 Å². The molecule has 2 aromatic rings. The van der Waals surface area contributed by atoms with Crippen LogP contribution in [0.15, 0.2) is 54.9 Å². The molecule has 1 amide bonds. The van der Waals surface area contributed by atoms with Crippen LogP contribution >= 0.6 is 0 Å². The molecular formula is C17H18N2O. The average Bonchev–Trinajstić information content (AvgIpc) is 2.48. The van der Waals surface area contributed by atoms with Gasteiger partial charge in [0.25, 0.3) is 0 Å². The van der Waals surface area contributed by atoms with E-state index in [1.807, 2.05) is 37.4 Å². The highest BCUT2D eigenvalue weighted by molar-refractivity contribution is 5.91. The zero-order chi connectivity index (χ0) is 14.4. The molecule has 0 bridgehead atoms. The molecule has 0 aliphatic carbocycles. The maximum absolute atomic E-state index is 12.1. The molecule has 0 spiro atoms. The molecule has 2 rings (SSSR count). The van der Waals surface area contributed by atoms with Crippen molar-refractivity contribution in [3.05, 3.63) is 71.6 Å². The molecule has 3 nitrogen and oxygen atoms in total. The number of hydrogen-bond donors (Lipinski definition) is 0. The molecule has 102 valence electrons. The van der Waals surface area contributed by atoms with Gasteiger partial charge in [-0.3, -0.25) is 9.78 Å². The highest BCUT2D eigenvalue weighted by atomic mass is 16.2. The number of carbonyl (C=O) groups is 1. The second kappa shape index (κ2) is 6.66. The average molecular weight is 266 g/mol. The second-order valence-corrected chi connectivity index (χ2v) is 4.74. The summed E-state index contributed by atoms with van der Waals surface area (Å²) in [6.07, 6.45) is 6.80. The summed E-state index contributed by atoms with van der Waals surface area (Å²) in [6, 6.07) is 11.9. The van der Waals surface area contributed by atoms with Crippen LogP contribution in [-0.4, -0.2) is 22.8 Å². The van der Waals surface area contributed by atoms with Gasteiger partial charge in [-0.25, -0.2) is 0 Å². The fourth-order valence-corrected chi connectivity index (χ4v) is 1.89. The van der Waals surface area contributed by atoms with Crippen molar-refractivity contribution in [3.63, 3.8) is 0 Å². The zero-order valence-electron chi connectivity index (χ0n) is 11.8. The van der Waals surface area contributed by atoms with Crippen molar-refractivity contribution in [1.82, 2.24) is 9.88 Å². The number of nitrogens with zero attached hydrogens (tertiary/aromatic N) is 2. The molecule has 0 saturated carbocycles. The second-order valence-electron chi connectivity index (χ2n) is 4.74. The molecule has 0 aliphatic heterocycles. The Balaban J connectivity index is 1.99. The maximum atomic E-state index is 12.1. The number of hydrogen-bond acceptors (Lipinski definition) is 2. The number of rotatable bonds is 4. The lowest BCUT2D eigenvalue weighted by Crippen LogP contribution is -2.24. The van der Waals surface area contributed by atoms with Crippen molar-refractivity contribution < 1.29 is 4.79 Å². The Hall–Kier alpha value is -2.42. The fourth-order valence-electron chi connectivity index (χ4n) is 1.89. The maximum Gasteiger partial charge on any atom is 0.246 e. The van der Waals surface area contributed by atoms with E-state index in [-0.39, 0.29) is 5.91 Å². The summed E-state index contributed by atoms with van der Waals surface area (Å²) in [6.45, 7) is 2.67. The Labute approximate surface area is 119 Å². The van der Waals surface area contributed by atoms with Crippen molar-refractivity contribution in [2.24, 2.45) is 0 Å². The standard InChI is InChI=1S/C17H18N2O/c1-14-6-3-4-8-16(14)13-19(2)17(20)10-9-15-7-5-11-18-12-15/h3-12H,13H2,1-2H3/b10-9+. The van der Waals surface area contributed by atoms with E-state index in [0.29, 0.717) is 6.54 Å². The first-order chi connectivity index (χ1) is 9.66. The molecule has 1 heterocycles. The van der Waals surface area contributed by atoms with E-state index in [0.717, 1.165) is 11.1 Å². The summed E-state index contributed by atoms with van der Waals surface area (Å²) >= 11 is 0. The van der Waals surface area contributed by atoms with Gasteiger partial charge in [0.05, 0.1) is 0 Å². The Bertz CT molecular complexity index is 605. The minimum atomic E-state index is -0.0166. The molecule has 0 saturated heterocycles. The van der Waals surface area contributed by atoms with E-state index in [9.17, 15) is 4.79 Å². The van der Waals surface area contributed by atoms with E-state index < -0.39 is 0 Å². The van der Waals surface area contributed by atoms with Crippen LogP contribution in [0, 0.1) is 6.92 Å². The topological polar surface area (TPSA) is 33.2 Å². The quantitative estimate of drug-likeness (QED) is 0.797. The van der Waals surface area contributed by atoms with Crippen LogP contribution < -0.4 is 0 Å². The summed E-state index contributed by atoms with van der Waals surface area (Å²) in [4.78, 5) is 17.8. The third-order valence-corrected chi connectivity index (χ3v) is 3.15. The monoisotopic (exact) mass is 266 g/mol. The minimum absolute atomic E-state index is 0.0166. The molecular weight excluding hydrogens is 248 g/mol. The summed E-state index contributed by atoms with van der Waals surface area (Å²) in [5, 5.41) is 0. The van der Waals surface area contributed by atoms with E-state index in [1.54, 1.807) is 29.4 Å². The molecule has 0 atom stereocenters. The molecule has 3 heteroatoms. The van der Waals surface area contributed by atoms with Gasteiger partial charge in [0.2, 0.25) is 5.91 Å². The van der Waals surface area contributed by atoms with Crippen molar-refractivity contribution in [1.29, 1.82) is 0 Å². The number of benzene rings is 1. The van der Waals surface area contributed by atoms with Gasteiger partial charge in [0.1, 0.15) is 0 Å². The number of pyridine rings is 1.